The second kappa shape index (κ2) is 6.41. The van der Waals surface area contributed by atoms with E-state index >= 15 is 0 Å². The number of hydrogen-bond donors (Lipinski definition) is 1. The predicted molar refractivity (Wildman–Crippen MR) is 80.3 cm³/mol. The highest BCUT2D eigenvalue weighted by atomic mass is 15.0. The molecular weight excluding hydrogens is 234 g/mol. The minimum atomic E-state index is 0.503. The first-order valence-electron chi connectivity index (χ1n) is 6.94. The molecule has 0 aliphatic rings. The van der Waals surface area contributed by atoms with Gasteiger partial charge in [-0.1, -0.05) is 26.0 Å². The molecule has 0 spiro atoms. The number of imidazole rings is 1. The molecule has 3 nitrogen and oxygen atoms in total. The molecule has 0 radical (unpaired) electrons. The summed E-state index contributed by atoms with van der Waals surface area (Å²) in [4.78, 5) is 4.07. The smallest absolute Gasteiger partial charge is 0.0949 e. The SMILES string of the molecule is CC(C)CC(C)Nc1cccc(Cn2ccnc2)c1. The predicted octanol–water partition coefficient (Wildman–Crippen LogP) is 3.78. The fourth-order valence-electron chi connectivity index (χ4n) is 2.40. The summed E-state index contributed by atoms with van der Waals surface area (Å²) in [6.07, 6.45) is 6.83. The Bertz CT molecular complexity index is 488. The number of nitrogens with zero attached hydrogens (tertiary/aromatic N) is 2. The molecule has 2 rings (SSSR count). The maximum Gasteiger partial charge on any atom is 0.0949 e. The fraction of sp³-hybridized carbons (Fsp3) is 0.438. The maximum atomic E-state index is 4.07. The van der Waals surface area contributed by atoms with Crippen LogP contribution >= 0.6 is 0 Å². The highest BCUT2D eigenvalue weighted by Crippen LogP contribution is 2.15. The van der Waals surface area contributed by atoms with Crippen molar-refractivity contribution in [1.82, 2.24) is 9.55 Å². The molecule has 0 saturated carbocycles. The molecule has 0 amide bonds. The van der Waals surface area contributed by atoms with Crippen LogP contribution in [0.3, 0.4) is 0 Å². The van der Waals surface area contributed by atoms with E-state index in [-0.39, 0.29) is 0 Å². The van der Waals surface area contributed by atoms with Crippen LogP contribution in [0.4, 0.5) is 5.69 Å². The zero-order chi connectivity index (χ0) is 13.7. The summed E-state index contributed by atoms with van der Waals surface area (Å²) >= 11 is 0. The van der Waals surface area contributed by atoms with E-state index < -0.39 is 0 Å². The third kappa shape index (κ3) is 4.43. The van der Waals surface area contributed by atoms with Crippen molar-refractivity contribution in [3.63, 3.8) is 0 Å². The number of anilines is 1. The molecule has 0 fully saturated rings. The van der Waals surface area contributed by atoms with E-state index in [4.69, 9.17) is 0 Å². The Morgan fingerprint density at radius 2 is 2.11 bits per heavy atom. The average molecular weight is 257 g/mol. The van der Waals surface area contributed by atoms with E-state index in [1.807, 2.05) is 18.7 Å². The number of nitrogens with one attached hydrogen (secondary N) is 1. The summed E-state index contributed by atoms with van der Waals surface area (Å²) in [6, 6.07) is 9.11. The van der Waals surface area contributed by atoms with Gasteiger partial charge in [0.2, 0.25) is 0 Å². The first kappa shape index (κ1) is 13.7. The van der Waals surface area contributed by atoms with Gasteiger partial charge < -0.3 is 9.88 Å². The van der Waals surface area contributed by atoms with E-state index in [1.165, 1.54) is 17.7 Å². The van der Waals surface area contributed by atoms with Crippen molar-refractivity contribution in [2.24, 2.45) is 5.92 Å². The van der Waals surface area contributed by atoms with Crippen molar-refractivity contribution in [2.75, 3.05) is 5.32 Å². The zero-order valence-electron chi connectivity index (χ0n) is 12.0. The zero-order valence-corrected chi connectivity index (χ0v) is 12.0. The minimum Gasteiger partial charge on any atom is -0.383 e. The molecule has 102 valence electrons. The molecule has 1 aromatic heterocycles. The number of rotatable bonds is 6. The van der Waals surface area contributed by atoms with Gasteiger partial charge in [0.25, 0.3) is 0 Å². The Morgan fingerprint density at radius 3 is 2.79 bits per heavy atom. The normalized spacial score (nSPS) is 12.6. The first-order chi connectivity index (χ1) is 9.13. The van der Waals surface area contributed by atoms with E-state index in [2.05, 4.69) is 59.9 Å². The Labute approximate surface area is 115 Å². The van der Waals surface area contributed by atoms with Gasteiger partial charge in [-0.25, -0.2) is 4.98 Å². The molecule has 0 aliphatic heterocycles. The topological polar surface area (TPSA) is 29.9 Å². The van der Waals surface area contributed by atoms with Crippen molar-refractivity contribution in [3.05, 3.63) is 48.5 Å². The van der Waals surface area contributed by atoms with Crippen LogP contribution in [-0.2, 0) is 6.54 Å². The average Bonchev–Trinajstić information content (AvgIpc) is 2.81. The van der Waals surface area contributed by atoms with Crippen LogP contribution in [0.1, 0.15) is 32.8 Å². The largest absolute Gasteiger partial charge is 0.383 e. The van der Waals surface area contributed by atoms with E-state index in [9.17, 15) is 0 Å². The standard InChI is InChI=1S/C16H23N3/c1-13(2)9-14(3)18-16-6-4-5-15(10-16)11-19-8-7-17-12-19/h4-8,10,12-14,18H,9,11H2,1-3H3. The van der Waals surface area contributed by atoms with E-state index in [0.29, 0.717) is 6.04 Å². The molecule has 1 aromatic carbocycles. The van der Waals surface area contributed by atoms with Crippen LogP contribution in [0.15, 0.2) is 43.0 Å². The van der Waals surface area contributed by atoms with Crippen LogP contribution in [0.25, 0.3) is 0 Å². The molecule has 1 unspecified atom stereocenters. The summed E-state index contributed by atoms with van der Waals surface area (Å²) in [6.45, 7) is 7.62. The third-order valence-electron chi connectivity index (χ3n) is 3.09. The van der Waals surface area contributed by atoms with E-state index in [1.54, 1.807) is 0 Å². The summed E-state index contributed by atoms with van der Waals surface area (Å²) in [5, 5.41) is 3.57. The van der Waals surface area contributed by atoms with Crippen LogP contribution in [0.2, 0.25) is 0 Å². The van der Waals surface area contributed by atoms with Crippen molar-refractivity contribution in [2.45, 2.75) is 39.8 Å². The molecule has 0 aliphatic carbocycles. The highest BCUT2D eigenvalue weighted by Gasteiger charge is 2.05. The van der Waals surface area contributed by atoms with Crippen LogP contribution in [-0.4, -0.2) is 15.6 Å². The lowest BCUT2D eigenvalue weighted by atomic mass is 10.0. The Hall–Kier alpha value is -1.77. The monoisotopic (exact) mass is 257 g/mol. The van der Waals surface area contributed by atoms with Gasteiger partial charge in [-0.2, -0.15) is 0 Å². The number of benzene rings is 1. The number of aromatic nitrogens is 2. The lowest BCUT2D eigenvalue weighted by Gasteiger charge is -2.17. The van der Waals surface area contributed by atoms with Gasteiger partial charge in [-0.3, -0.25) is 0 Å². The second-order valence-electron chi connectivity index (χ2n) is 5.61. The summed E-state index contributed by atoms with van der Waals surface area (Å²) in [5.74, 6) is 0.719. The van der Waals surface area contributed by atoms with Crippen molar-refractivity contribution in [1.29, 1.82) is 0 Å². The van der Waals surface area contributed by atoms with Gasteiger partial charge in [0.1, 0.15) is 0 Å². The molecule has 19 heavy (non-hydrogen) atoms. The van der Waals surface area contributed by atoms with Crippen LogP contribution in [0.5, 0.6) is 0 Å². The van der Waals surface area contributed by atoms with Crippen molar-refractivity contribution >= 4 is 5.69 Å². The molecule has 1 atom stereocenters. The second-order valence-corrected chi connectivity index (χ2v) is 5.61. The molecule has 1 N–H and O–H groups in total. The lowest BCUT2D eigenvalue weighted by molar-refractivity contribution is 0.540. The number of hydrogen-bond acceptors (Lipinski definition) is 2. The molecular formula is C16H23N3. The van der Waals surface area contributed by atoms with Gasteiger partial charge in [-0.15, -0.1) is 0 Å². The molecule has 3 heteroatoms. The minimum absolute atomic E-state index is 0.503. The quantitative estimate of drug-likeness (QED) is 0.853. The van der Waals surface area contributed by atoms with Gasteiger partial charge in [0.15, 0.2) is 0 Å². The summed E-state index contributed by atoms with van der Waals surface area (Å²) in [7, 11) is 0. The fourth-order valence-corrected chi connectivity index (χ4v) is 2.40. The molecule has 0 saturated heterocycles. The van der Waals surface area contributed by atoms with Gasteiger partial charge >= 0.3 is 0 Å². The van der Waals surface area contributed by atoms with Gasteiger partial charge in [0, 0.05) is 30.7 Å². The van der Waals surface area contributed by atoms with Gasteiger partial charge in [0.05, 0.1) is 6.33 Å². The Balaban J connectivity index is 1.98. The third-order valence-corrected chi connectivity index (χ3v) is 3.09. The summed E-state index contributed by atoms with van der Waals surface area (Å²) < 4.78 is 2.08. The summed E-state index contributed by atoms with van der Waals surface area (Å²) in [5.41, 5.74) is 2.49. The Morgan fingerprint density at radius 1 is 1.26 bits per heavy atom. The molecule has 1 heterocycles. The van der Waals surface area contributed by atoms with E-state index in [0.717, 1.165) is 12.5 Å². The van der Waals surface area contributed by atoms with Crippen molar-refractivity contribution in [3.8, 4) is 0 Å². The molecule has 0 bridgehead atoms. The lowest BCUT2D eigenvalue weighted by Crippen LogP contribution is -2.17. The van der Waals surface area contributed by atoms with Crippen LogP contribution in [0, 0.1) is 5.92 Å². The van der Waals surface area contributed by atoms with Crippen LogP contribution < -0.4 is 5.32 Å². The van der Waals surface area contributed by atoms with Gasteiger partial charge in [-0.05, 0) is 37.0 Å². The Kier molecular flexibility index (Phi) is 4.61. The van der Waals surface area contributed by atoms with Crippen molar-refractivity contribution < 1.29 is 0 Å². The first-order valence-corrected chi connectivity index (χ1v) is 6.94. The molecule has 2 aromatic rings. The maximum absolute atomic E-state index is 4.07. The highest BCUT2D eigenvalue weighted by molar-refractivity contribution is 5.46.